The van der Waals surface area contributed by atoms with Gasteiger partial charge in [0.05, 0.1) is 27.8 Å². The number of carbonyl (C=O) groups excluding carboxylic acids is 1. The number of thioether (sulfide) groups is 1. The third kappa shape index (κ3) is 3.89. The van der Waals surface area contributed by atoms with Crippen molar-refractivity contribution in [3.8, 4) is 0 Å². The van der Waals surface area contributed by atoms with E-state index in [2.05, 4.69) is 10.3 Å². The molecular formula is C17H20N2O3S2. The van der Waals surface area contributed by atoms with Gasteiger partial charge in [0.2, 0.25) is 5.91 Å². The molecule has 1 aromatic carbocycles. The Morgan fingerprint density at radius 1 is 1.33 bits per heavy atom. The van der Waals surface area contributed by atoms with Gasteiger partial charge >= 0.3 is 0 Å². The zero-order chi connectivity index (χ0) is 17.3. The Labute approximate surface area is 146 Å². The normalized spacial score (nSPS) is 19.5. The highest BCUT2D eigenvalue weighted by molar-refractivity contribution is 7.99. The van der Waals surface area contributed by atoms with E-state index >= 15 is 0 Å². The van der Waals surface area contributed by atoms with Crippen LogP contribution in [0, 0.1) is 13.8 Å². The number of pyridine rings is 1. The molecule has 128 valence electrons. The van der Waals surface area contributed by atoms with Crippen LogP contribution in [0.15, 0.2) is 29.3 Å². The molecule has 1 aliphatic rings. The van der Waals surface area contributed by atoms with Crippen LogP contribution in [0.4, 0.5) is 0 Å². The van der Waals surface area contributed by atoms with Crippen LogP contribution in [0.5, 0.6) is 0 Å². The fourth-order valence-corrected chi connectivity index (χ4v) is 5.37. The third-order valence-corrected chi connectivity index (χ3v) is 6.85. The standard InChI is InChI=1S/C17H20N2O3S2/c1-11-4-3-5-14-12(2)8-16(19-17(11)14)23-9-15(20)18-13-6-7-24(21,22)10-13/h3-5,8,13H,6-7,9-10H2,1-2H3,(H,18,20). The number of aromatic nitrogens is 1. The van der Waals surface area contributed by atoms with E-state index in [4.69, 9.17) is 0 Å². The highest BCUT2D eigenvalue weighted by Crippen LogP contribution is 2.25. The van der Waals surface area contributed by atoms with Crippen LogP contribution in [-0.4, -0.2) is 42.6 Å². The molecule has 1 saturated heterocycles. The van der Waals surface area contributed by atoms with E-state index < -0.39 is 9.84 Å². The van der Waals surface area contributed by atoms with Crippen LogP contribution >= 0.6 is 11.8 Å². The summed E-state index contributed by atoms with van der Waals surface area (Å²) in [5, 5.41) is 4.73. The molecule has 1 fully saturated rings. The van der Waals surface area contributed by atoms with Crippen LogP contribution in [0.3, 0.4) is 0 Å². The van der Waals surface area contributed by atoms with Crippen molar-refractivity contribution < 1.29 is 13.2 Å². The van der Waals surface area contributed by atoms with Gasteiger partial charge in [-0.3, -0.25) is 4.79 Å². The fourth-order valence-electron chi connectivity index (χ4n) is 2.92. The van der Waals surface area contributed by atoms with E-state index in [9.17, 15) is 13.2 Å². The summed E-state index contributed by atoms with van der Waals surface area (Å²) >= 11 is 1.38. The number of fused-ring (bicyclic) bond motifs is 1. The number of hydrogen-bond donors (Lipinski definition) is 1. The summed E-state index contributed by atoms with van der Waals surface area (Å²) in [6.45, 7) is 4.06. The van der Waals surface area contributed by atoms with E-state index in [1.165, 1.54) is 11.8 Å². The third-order valence-electron chi connectivity index (χ3n) is 4.17. The maximum Gasteiger partial charge on any atom is 0.230 e. The molecule has 0 radical (unpaired) electrons. The average Bonchev–Trinajstić information content (AvgIpc) is 2.85. The highest BCUT2D eigenvalue weighted by Gasteiger charge is 2.28. The lowest BCUT2D eigenvalue weighted by atomic mass is 10.1. The molecule has 0 aliphatic carbocycles. The van der Waals surface area contributed by atoms with Crippen LogP contribution in [0.1, 0.15) is 17.5 Å². The van der Waals surface area contributed by atoms with Crippen LogP contribution in [0.2, 0.25) is 0 Å². The quantitative estimate of drug-likeness (QED) is 0.842. The molecule has 1 unspecified atom stereocenters. The van der Waals surface area contributed by atoms with E-state index in [1.807, 2.05) is 38.1 Å². The lowest BCUT2D eigenvalue weighted by molar-refractivity contribution is -0.119. The zero-order valence-corrected chi connectivity index (χ0v) is 15.3. The van der Waals surface area contributed by atoms with Crippen molar-refractivity contribution in [3.63, 3.8) is 0 Å². The predicted octanol–water partition coefficient (Wildman–Crippen LogP) is 2.25. The molecule has 0 saturated carbocycles. The number of hydrogen-bond acceptors (Lipinski definition) is 5. The van der Waals surface area contributed by atoms with Crippen molar-refractivity contribution in [2.75, 3.05) is 17.3 Å². The average molecular weight is 364 g/mol. The molecule has 1 amide bonds. The Kier molecular flexibility index (Phi) is 4.83. The second-order valence-electron chi connectivity index (χ2n) is 6.20. The first kappa shape index (κ1) is 17.2. The predicted molar refractivity (Wildman–Crippen MR) is 97.1 cm³/mol. The van der Waals surface area contributed by atoms with Gasteiger partial charge in [-0.1, -0.05) is 30.0 Å². The van der Waals surface area contributed by atoms with Crippen molar-refractivity contribution in [1.29, 1.82) is 0 Å². The van der Waals surface area contributed by atoms with Crippen molar-refractivity contribution in [2.45, 2.75) is 31.3 Å². The molecule has 24 heavy (non-hydrogen) atoms. The topological polar surface area (TPSA) is 76.1 Å². The molecular weight excluding hydrogens is 344 g/mol. The van der Waals surface area contributed by atoms with Gasteiger partial charge < -0.3 is 5.32 Å². The number of aryl methyl sites for hydroxylation is 2. The lowest BCUT2D eigenvalue weighted by Crippen LogP contribution is -2.36. The van der Waals surface area contributed by atoms with Crippen LogP contribution < -0.4 is 5.32 Å². The molecule has 1 aromatic heterocycles. The molecule has 1 N–H and O–H groups in total. The largest absolute Gasteiger partial charge is 0.352 e. The molecule has 3 rings (SSSR count). The monoisotopic (exact) mass is 364 g/mol. The number of benzene rings is 1. The fraction of sp³-hybridized carbons (Fsp3) is 0.412. The Hall–Kier alpha value is -1.60. The molecule has 0 bridgehead atoms. The molecule has 2 heterocycles. The molecule has 0 spiro atoms. The minimum Gasteiger partial charge on any atom is -0.352 e. The van der Waals surface area contributed by atoms with Gasteiger partial charge in [0, 0.05) is 11.4 Å². The molecule has 2 aromatic rings. The second-order valence-corrected chi connectivity index (χ2v) is 9.43. The summed E-state index contributed by atoms with van der Waals surface area (Å²) in [7, 11) is -2.98. The van der Waals surface area contributed by atoms with E-state index in [0.717, 1.165) is 27.1 Å². The lowest BCUT2D eigenvalue weighted by Gasteiger charge is -2.11. The van der Waals surface area contributed by atoms with Crippen LogP contribution in [-0.2, 0) is 14.6 Å². The molecule has 7 heteroatoms. The Bertz CT molecular complexity index is 894. The van der Waals surface area contributed by atoms with Gasteiger partial charge in [0.25, 0.3) is 0 Å². The van der Waals surface area contributed by atoms with Crippen LogP contribution in [0.25, 0.3) is 10.9 Å². The summed E-state index contributed by atoms with van der Waals surface area (Å²) < 4.78 is 22.9. The summed E-state index contributed by atoms with van der Waals surface area (Å²) in [5.74, 6) is 0.304. The summed E-state index contributed by atoms with van der Waals surface area (Å²) in [5.41, 5.74) is 3.20. The Morgan fingerprint density at radius 2 is 2.12 bits per heavy atom. The maximum absolute atomic E-state index is 12.0. The number of para-hydroxylation sites is 1. The Balaban J connectivity index is 1.65. The number of nitrogens with zero attached hydrogens (tertiary/aromatic N) is 1. The van der Waals surface area contributed by atoms with Crippen molar-refractivity contribution in [3.05, 3.63) is 35.4 Å². The SMILES string of the molecule is Cc1cc(SCC(=O)NC2CCS(=O)(=O)C2)nc2c(C)cccc12. The van der Waals surface area contributed by atoms with Gasteiger partial charge in [-0.15, -0.1) is 0 Å². The van der Waals surface area contributed by atoms with E-state index in [0.29, 0.717) is 6.42 Å². The maximum atomic E-state index is 12.0. The smallest absolute Gasteiger partial charge is 0.230 e. The van der Waals surface area contributed by atoms with Crippen molar-refractivity contribution >= 4 is 38.4 Å². The van der Waals surface area contributed by atoms with Crippen molar-refractivity contribution in [1.82, 2.24) is 10.3 Å². The minimum atomic E-state index is -2.98. The summed E-state index contributed by atoms with van der Waals surface area (Å²) in [6.07, 6.45) is 0.505. The Morgan fingerprint density at radius 3 is 2.83 bits per heavy atom. The number of sulfone groups is 1. The summed E-state index contributed by atoms with van der Waals surface area (Å²) in [4.78, 5) is 16.7. The van der Waals surface area contributed by atoms with Gasteiger partial charge in [-0.05, 0) is 37.5 Å². The molecule has 1 aliphatic heterocycles. The summed E-state index contributed by atoms with van der Waals surface area (Å²) in [6, 6.07) is 7.82. The highest BCUT2D eigenvalue weighted by atomic mass is 32.2. The molecule has 1 atom stereocenters. The number of nitrogens with one attached hydrogen (secondary N) is 1. The zero-order valence-electron chi connectivity index (χ0n) is 13.7. The second kappa shape index (κ2) is 6.72. The van der Waals surface area contributed by atoms with Gasteiger partial charge in [0.1, 0.15) is 0 Å². The number of amides is 1. The molecule has 5 nitrogen and oxygen atoms in total. The number of rotatable bonds is 4. The van der Waals surface area contributed by atoms with Gasteiger partial charge in [0.15, 0.2) is 9.84 Å². The van der Waals surface area contributed by atoms with Gasteiger partial charge in [-0.25, -0.2) is 13.4 Å². The first-order valence-electron chi connectivity index (χ1n) is 7.83. The van der Waals surface area contributed by atoms with E-state index in [-0.39, 0.29) is 29.2 Å². The first-order chi connectivity index (χ1) is 11.3. The van der Waals surface area contributed by atoms with Crippen molar-refractivity contribution in [2.24, 2.45) is 0 Å². The van der Waals surface area contributed by atoms with E-state index in [1.54, 1.807) is 0 Å². The first-order valence-corrected chi connectivity index (χ1v) is 10.6. The minimum absolute atomic E-state index is 0.0515. The van der Waals surface area contributed by atoms with Gasteiger partial charge in [-0.2, -0.15) is 0 Å². The number of carbonyl (C=O) groups is 1.